The molecule has 0 aromatic heterocycles. The van der Waals surface area contributed by atoms with Crippen molar-refractivity contribution in [1.29, 1.82) is 0 Å². The van der Waals surface area contributed by atoms with Gasteiger partial charge in [-0.15, -0.1) is 0 Å². The lowest BCUT2D eigenvalue weighted by Crippen LogP contribution is -2.15. The van der Waals surface area contributed by atoms with Gasteiger partial charge in [-0.25, -0.2) is 0 Å². The largest absolute Gasteiger partial charge is 0.0616 e. The van der Waals surface area contributed by atoms with Gasteiger partial charge in [0.1, 0.15) is 0 Å². The van der Waals surface area contributed by atoms with Crippen LogP contribution in [0.1, 0.15) is 25.0 Å². The number of fused-ring (bicyclic) bond motifs is 1. The molecule has 200 valence electrons. The second kappa shape index (κ2) is 8.00. The van der Waals surface area contributed by atoms with Gasteiger partial charge in [-0.3, -0.25) is 0 Å². The Morgan fingerprint density at radius 3 is 1.58 bits per heavy atom. The van der Waals surface area contributed by atoms with Crippen LogP contribution in [-0.4, -0.2) is 0 Å². The van der Waals surface area contributed by atoms with Crippen molar-refractivity contribution in [2.75, 3.05) is 0 Å². The third kappa shape index (κ3) is 3.00. The topological polar surface area (TPSA) is 0 Å². The van der Waals surface area contributed by atoms with E-state index in [1.165, 1.54) is 98.0 Å². The van der Waals surface area contributed by atoms with Crippen LogP contribution in [0.5, 0.6) is 0 Å². The number of benzene rings is 9. The Hall–Kier alpha value is -5.20. The highest BCUT2D eigenvalue weighted by Crippen LogP contribution is 2.52. The van der Waals surface area contributed by atoms with Crippen molar-refractivity contribution in [2.24, 2.45) is 0 Å². The van der Waals surface area contributed by atoms with Crippen LogP contribution in [0.25, 0.3) is 86.9 Å². The maximum atomic E-state index is 2.49. The van der Waals surface area contributed by atoms with Gasteiger partial charge in [-0.1, -0.05) is 123 Å². The summed E-state index contributed by atoms with van der Waals surface area (Å²) in [5, 5.41) is 16.1. The molecule has 10 rings (SSSR count). The van der Waals surface area contributed by atoms with Gasteiger partial charge in [0.05, 0.1) is 0 Å². The summed E-state index contributed by atoms with van der Waals surface area (Å²) in [7, 11) is 0. The monoisotopic (exact) mass is 544 g/mol. The summed E-state index contributed by atoms with van der Waals surface area (Å²) in [6.07, 6.45) is 0. The third-order valence-electron chi connectivity index (χ3n) is 10.3. The van der Waals surface area contributed by atoms with E-state index in [1.807, 2.05) is 0 Å². The predicted molar refractivity (Wildman–Crippen MR) is 186 cm³/mol. The highest BCUT2D eigenvalue weighted by atomic mass is 14.4. The predicted octanol–water partition coefficient (Wildman–Crippen LogP) is 12.0. The zero-order valence-corrected chi connectivity index (χ0v) is 24.2. The van der Waals surface area contributed by atoms with Gasteiger partial charge in [0.2, 0.25) is 0 Å². The summed E-state index contributed by atoms with van der Waals surface area (Å²) < 4.78 is 0. The Labute approximate surface area is 250 Å². The van der Waals surface area contributed by atoms with E-state index >= 15 is 0 Å². The summed E-state index contributed by atoms with van der Waals surface area (Å²) >= 11 is 0. The smallest absolute Gasteiger partial charge is 0.0159 e. The molecule has 1 aliphatic rings. The highest BCUT2D eigenvalue weighted by Gasteiger charge is 2.35. The third-order valence-corrected chi connectivity index (χ3v) is 10.3. The van der Waals surface area contributed by atoms with Gasteiger partial charge >= 0.3 is 0 Å². The minimum absolute atomic E-state index is 0.111. The van der Waals surface area contributed by atoms with E-state index < -0.39 is 0 Å². The number of rotatable bonds is 2. The normalized spacial score (nSPS) is 14.0. The summed E-state index contributed by atoms with van der Waals surface area (Å²) in [6, 6.07) is 50.3. The van der Waals surface area contributed by atoms with E-state index in [1.54, 1.807) is 0 Å². The van der Waals surface area contributed by atoms with Crippen LogP contribution in [0.15, 0.2) is 133 Å². The molecule has 0 saturated carbocycles. The Morgan fingerprint density at radius 2 is 0.860 bits per heavy atom. The van der Waals surface area contributed by atoms with E-state index in [0.717, 1.165) is 0 Å². The molecule has 0 bridgehead atoms. The Morgan fingerprint density at radius 1 is 0.349 bits per heavy atom. The molecule has 43 heavy (non-hydrogen) atoms. The standard InChI is InChI=1S/C43H28/c1-43(2)37-23-31(34-12-6-8-25-7-3-4-11-33(25)34)21-29-15-16-30-22-32(24-38(43)42(30)41(29)37)35-19-17-28-14-13-26-9-5-10-27-18-20-36(35)40(28)39(26)27/h3-24H,1-2H3. The van der Waals surface area contributed by atoms with Crippen molar-refractivity contribution < 1.29 is 0 Å². The van der Waals surface area contributed by atoms with Crippen LogP contribution >= 0.6 is 0 Å². The Balaban J connectivity index is 1.22. The van der Waals surface area contributed by atoms with Gasteiger partial charge < -0.3 is 0 Å². The van der Waals surface area contributed by atoms with Crippen molar-refractivity contribution in [3.63, 3.8) is 0 Å². The lowest BCUT2D eigenvalue weighted by Gasteiger charge is -2.24. The molecule has 9 aromatic carbocycles. The molecule has 0 atom stereocenters. The zero-order valence-electron chi connectivity index (χ0n) is 24.2. The first-order valence-corrected chi connectivity index (χ1v) is 15.3. The molecule has 0 spiro atoms. The van der Waals surface area contributed by atoms with Gasteiger partial charge in [-0.2, -0.15) is 0 Å². The van der Waals surface area contributed by atoms with Crippen molar-refractivity contribution in [3.8, 4) is 22.3 Å². The number of hydrogen-bond acceptors (Lipinski definition) is 0. The molecule has 0 heteroatoms. The van der Waals surface area contributed by atoms with Crippen LogP contribution in [0.3, 0.4) is 0 Å². The van der Waals surface area contributed by atoms with Crippen LogP contribution in [-0.2, 0) is 5.41 Å². The molecule has 9 aromatic rings. The van der Waals surface area contributed by atoms with Gasteiger partial charge in [0.25, 0.3) is 0 Å². The average molecular weight is 545 g/mol. The zero-order chi connectivity index (χ0) is 28.4. The molecule has 0 radical (unpaired) electrons. The van der Waals surface area contributed by atoms with Crippen molar-refractivity contribution in [3.05, 3.63) is 145 Å². The molecule has 0 fully saturated rings. The molecule has 0 saturated heterocycles. The lowest BCUT2D eigenvalue weighted by atomic mass is 9.79. The molecular formula is C43H28. The van der Waals surface area contributed by atoms with Crippen LogP contribution < -0.4 is 0 Å². The van der Waals surface area contributed by atoms with Crippen molar-refractivity contribution in [1.82, 2.24) is 0 Å². The van der Waals surface area contributed by atoms with Crippen molar-refractivity contribution >= 4 is 64.6 Å². The lowest BCUT2D eigenvalue weighted by molar-refractivity contribution is 0.663. The first-order valence-electron chi connectivity index (χ1n) is 15.3. The van der Waals surface area contributed by atoms with Crippen molar-refractivity contribution in [2.45, 2.75) is 19.3 Å². The minimum atomic E-state index is -0.111. The number of hydrogen-bond donors (Lipinski definition) is 0. The summed E-state index contributed by atoms with van der Waals surface area (Å²) in [5.74, 6) is 0. The molecule has 0 unspecified atom stereocenters. The second-order valence-corrected chi connectivity index (χ2v) is 12.9. The maximum absolute atomic E-state index is 2.49. The fourth-order valence-corrected chi connectivity index (χ4v) is 8.24. The van der Waals surface area contributed by atoms with E-state index in [4.69, 9.17) is 0 Å². The van der Waals surface area contributed by atoms with Gasteiger partial charge in [0, 0.05) is 5.41 Å². The van der Waals surface area contributed by atoms with Crippen LogP contribution in [0.2, 0.25) is 0 Å². The Kier molecular flexibility index (Phi) is 4.35. The van der Waals surface area contributed by atoms with E-state index in [-0.39, 0.29) is 5.41 Å². The first-order chi connectivity index (χ1) is 21.1. The highest BCUT2D eigenvalue weighted by molar-refractivity contribution is 6.26. The molecule has 0 heterocycles. The summed E-state index contributed by atoms with van der Waals surface area (Å²) in [4.78, 5) is 0. The fourth-order valence-electron chi connectivity index (χ4n) is 8.24. The van der Waals surface area contributed by atoms with Crippen LogP contribution in [0, 0.1) is 0 Å². The molecular weight excluding hydrogens is 516 g/mol. The quantitative estimate of drug-likeness (QED) is 0.190. The maximum Gasteiger partial charge on any atom is 0.0159 e. The summed E-state index contributed by atoms with van der Waals surface area (Å²) in [6.45, 7) is 4.83. The SMILES string of the molecule is CC1(C)c2cc(-c3cccc4ccccc34)cc3ccc4cc(-c5ccc6ccc7cccc8ccc5c6c78)cc1c4c23. The van der Waals surface area contributed by atoms with E-state index in [2.05, 4.69) is 147 Å². The average Bonchev–Trinajstić information content (AvgIpc) is 3.28. The molecule has 0 aliphatic heterocycles. The molecule has 0 N–H and O–H groups in total. The first kappa shape index (κ1) is 23.4. The molecule has 0 nitrogen and oxygen atoms in total. The molecule has 0 amide bonds. The Bertz CT molecular complexity index is 2610. The van der Waals surface area contributed by atoms with Gasteiger partial charge in [0.15, 0.2) is 0 Å². The van der Waals surface area contributed by atoms with E-state index in [0.29, 0.717) is 0 Å². The minimum Gasteiger partial charge on any atom is -0.0616 e. The fraction of sp³-hybridized carbons (Fsp3) is 0.0698. The molecule has 1 aliphatic carbocycles. The second-order valence-electron chi connectivity index (χ2n) is 12.9. The van der Waals surface area contributed by atoms with E-state index in [9.17, 15) is 0 Å². The van der Waals surface area contributed by atoms with Crippen LogP contribution in [0.4, 0.5) is 0 Å². The van der Waals surface area contributed by atoms with Gasteiger partial charge in [-0.05, 0) is 122 Å². The summed E-state index contributed by atoms with van der Waals surface area (Å²) in [5.41, 5.74) is 7.97.